The average Bonchev–Trinajstić information content (AvgIpc) is 2.52. The molecule has 1 rings (SSSR count). The fourth-order valence-electron chi connectivity index (χ4n) is 1.32. The van der Waals surface area contributed by atoms with Crippen molar-refractivity contribution in [1.29, 1.82) is 0 Å². The summed E-state index contributed by atoms with van der Waals surface area (Å²) in [6.07, 6.45) is 0. The highest BCUT2D eigenvalue weighted by molar-refractivity contribution is 7.92. The molecule has 0 aliphatic carbocycles. The van der Waals surface area contributed by atoms with Crippen LogP contribution in [0, 0.1) is 13.8 Å². The molecule has 0 unspecified atom stereocenters. The molecule has 0 aliphatic heterocycles. The summed E-state index contributed by atoms with van der Waals surface area (Å²) in [5.41, 5.74) is 0.870. The Morgan fingerprint density at radius 3 is 2.33 bits per heavy atom. The van der Waals surface area contributed by atoms with Gasteiger partial charge >= 0.3 is 0 Å². The van der Waals surface area contributed by atoms with E-state index in [0.29, 0.717) is 19.0 Å². The first-order chi connectivity index (χ1) is 8.13. The van der Waals surface area contributed by atoms with E-state index in [1.807, 2.05) is 13.8 Å². The first kappa shape index (κ1) is 15.2. The van der Waals surface area contributed by atoms with Gasteiger partial charge in [-0.3, -0.25) is 0 Å². The first-order valence-corrected chi connectivity index (χ1v) is 7.64. The van der Waals surface area contributed by atoms with E-state index >= 15 is 0 Å². The van der Waals surface area contributed by atoms with Crippen LogP contribution in [0.1, 0.15) is 38.1 Å². The van der Waals surface area contributed by atoms with Gasteiger partial charge in [0.1, 0.15) is 5.76 Å². The lowest BCUT2D eigenvalue weighted by Gasteiger charge is -2.18. The molecule has 0 spiro atoms. The predicted molar refractivity (Wildman–Crippen MR) is 71.2 cm³/mol. The van der Waals surface area contributed by atoms with Gasteiger partial charge in [-0.15, -0.1) is 0 Å². The van der Waals surface area contributed by atoms with E-state index in [0.717, 1.165) is 11.5 Å². The maximum Gasteiger partial charge on any atom is 0.208 e. The van der Waals surface area contributed by atoms with Crippen LogP contribution in [0.2, 0.25) is 0 Å². The van der Waals surface area contributed by atoms with Gasteiger partial charge in [-0.25, -0.2) is 13.4 Å². The number of aryl methyl sites for hydroxylation is 2. The van der Waals surface area contributed by atoms with Gasteiger partial charge < -0.3 is 9.73 Å². The van der Waals surface area contributed by atoms with E-state index in [9.17, 15) is 8.42 Å². The quantitative estimate of drug-likeness (QED) is 0.826. The molecule has 0 aromatic carbocycles. The van der Waals surface area contributed by atoms with Gasteiger partial charge in [-0.1, -0.05) is 0 Å². The predicted octanol–water partition coefficient (Wildman–Crippen LogP) is 1.59. The van der Waals surface area contributed by atoms with E-state index in [1.165, 1.54) is 0 Å². The molecule has 1 aromatic rings. The van der Waals surface area contributed by atoms with Crippen LogP contribution < -0.4 is 5.32 Å². The molecule has 0 bridgehead atoms. The molecule has 0 atom stereocenters. The normalized spacial score (nSPS) is 12.9. The zero-order chi connectivity index (χ0) is 14.0. The number of rotatable bonds is 5. The number of hydrogen-bond donors (Lipinski definition) is 1. The third-order valence-electron chi connectivity index (χ3n) is 2.83. The third-order valence-corrected chi connectivity index (χ3v) is 5.44. The summed E-state index contributed by atoms with van der Waals surface area (Å²) in [5.74, 6) is 1.52. The van der Waals surface area contributed by atoms with Crippen LogP contribution in [-0.2, 0) is 16.4 Å². The van der Waals surface area contributed by atoms with Crippen molar-refractivity contribution in [3.05, 3.63) is 17.3 Å². The van der Waals surface area contributed by atoms with Gasteiger partial charge in [0.15, 0.2) is 9.84 Å². The lowest BCUT2D eigenvalue weighted by atomic mass is 10.3. The number of nitrogens with zero attached hydrogens (tertiary/aromatic N) is 1. The molecule has 0 saturated carbocycles. The summed E-state index contributed by atoms with van der Waals surface area (Å²) >= 11 is 0. The smallest absolute Gasteiger partial charge is 0.208 e. The first-order valence-electron chi connectivity index (χ1n) is 5.99. The molecule has 18 heavy (non-hydrogen) atoms. The van der Waals surface area contributed by atoms with Gasteiger partial charge in [0.25, 0.3) is 0 Å². The monoisotopic (exact) mass is 274 g/mol. The van der Waals surface area contributed by atoms with Crippen molar-refractivity contribution in [2.45, 2.75) is 45.9 Å². The zero-order valence-electron chi connectivity index (χ0n) is 11.7. The van der Waals surface area contributed by atoms with E-state index in [4.69, 9.17) is 4.42 Å². The lowest BCUT2D eigenvalue weighted by Crippen LogP contribution is -2.34. The number of nitrogens with one attached hydrogen (secondary N) is 1. The van der Waals surface area contributed by atoms with Gasteiger partial charge in [0.2, 0.25) is 5.89 Å². The third kappa shape index (κ3) is 3.81. The van der Waals surface area contributed by atoms with E-state index < -0.39 is 14.6 Å². The summed E-state index contributed by atoms with van der Waals surface area (Å²) in [5, 5.41) is 3.04. The molecule has 0 saturated heterocycles. The number of oxazole rings is 1. The van der Waals surface area contributed by atoms with Crippen LogP contribution in [0.5, 0.6) is 0 Å². The van der Waals surface area contributed by atoms with Gasteiger partial charge in [0, 0.05) is 6.54 Å². The lowest BCUT2D eigenvalue weighted by molar-refractivity contribution is 0.451. The summed E-state index contributed by atoms with van der Waals surface area (Å²) in [6, 6.07) is 0. The maximum atomic E-state index is 11.8. The van der Waals surface area contributed by atoms with Crippen molar-refractivity contribution in [2.75, 3.05) is 12.3 Å². The van der Waals surface area contributed by atoms with Crippen LogP contribution in [0.3, 0.4) is 0 Å². The van der Waals surface area contributed by atoms with Crippen molar-refractivity contribution in [3.63, 3.8) is 0 Å². The van der Waals surface area contributed by atoms with Crippen molar-refractivity contribution in [2.24, 2.45) is 0 Å². The molecule has 0 fully saturated rings. The molecule has 1 aromatic heterocycles. The molecule has 1 heterocycles. The minimum atomic E-state index is -3.07. The molecule has 1 N–H and O–H groups in total. The van der Waals surface area contributed by atoms with Crippen molar-refractivity contribution < 1.29 is 12.8 Å². The van der Waals surface area contributed by atoms with Crippen LogP contribution >= 0.6 is 0 Å². The summed E-state index contributed by atoms with van der Waals surface area (Å²) in [6.45, 7) is 9.73. The maximum absolute atomic E-state index is 11.8. The minimum absolute atomic E-state index is 0.120. The minimum Gasteiger partial charge on any atom is -0.444 e. The molecule has 0 amide bonds. The summed E-state index contributed by atoms with van der Waals surface area (Å²) in [7, 11) is -3.07. The van der Waals surface area contributed by atoms with Crippen LogP contribution in [0.4, 0.5) is 0 Å². The Kier molecular flexibility index (Phi) is 4.55. The Morgan fingerprint density at radius 1 is 1.28 bits per heavy atom. The number of hydrogen-bond acceptors (Lipinski definition) is 5. The summed E-state index contributed by atoms with van der Waals surface area (Å²) < 4.78 is 28.4. The molecule has 6 heteroatoms. The Labute approximate surface area is 109 Å². The molecule has 0 radical (unpaired) electrons. The Morgan fingerprint density at radius 2 is 1.89 bits per heavy atom. The second kappa shape index (κ2) is 5.40. The second-order valence-electron chi connectivity index (χ2n) is 5.36. The Hall–Kier alpha value is -0.880. The summed E-state index contributed by atoms with van der Waals surface area (Å²) in [4.78, 5) is 4.21. The highest BCUT2D eigenvalue weighted by Crippen LogP contribution is 2.15. The van der Waals surface area contributed by atoms with Gasteiger partial charge in [-0.05, 0) is 34.6 Å². The van der Waals surface area contributed by atoms with Crippen LogP contribution in [0.25, 0.3) is 0 Å². The Balaban J connectivity index is 2.40. The number of aromatic nitrogens is 1. The van der Waals surface area contributed by atoms with Crippen LogP contribution in [-0.4, -0.2) is 30.4 Å². The fraction of sp³-hybridized carbons (Fsp3) is 0.750. The molecule has 0 aliphatic rings. The average molecular weight is 274 g/mol. The van der Waals surface area contributed by atoms with E-state index in [-0.39, 0.29) is 5.75 Å². The molecular formula is C12H22N2O3S. The number of sulfone groups is 1. The van der Waals surface area contributed by atoms with Gasteiger partial charge in [0.05, 0.1) is 22.7 Å². The van der Waals surface area contributed by atoms with Crippen molar-refractivity contribution >= 4 is 9.84 Å². The standard InChI is InChI=1S/C12H22N2O3S/c1-9-10(2)17-11(14-9)8-13-6-7-18(15,16)12(3,4)5/h13H,6-8H2,1-5H3. The molecular weight excluding hydrogens is 252 g/mol. The Bertz CT molecular complexity index is 478. The second-order valence-corrected chi connectivity index (χ2v) is 8.22. The van der Waals surface area contributed by atoms with E-state index in [1.54, 1.807) is 20.8 Å². The largest absolute Gasteiger partial charge is 0.444 e. The van der Waals surface area contributed by atoms with Crippen molar-refractivity contribution in [1.82, 2.24) is 10.3 Å². The SMILES string of the molecule is Cc1nc(CNCCS(=O)(=O)C(C)(C)C)oc1C. The molecule has 5 nitrogen and oxygen atoms in total. The highest BCUT2D eigenvalue weighted by atomic mass is 32.2. The van der Waals surface area contributed by atoms with Gasteiger partial charge in [-0.2, -0.15) is 0 Å². The van der Waals surface area contributed by atoms with Crippen molar-refractivity contribution in [3.8, 4) is 0 Å². The highest BCUT2D eigenvalue weighted by Gasteiger charge is 2.28. The molecule has 104 valence electrons. The zero-order valence-corrected chi connectivity index (χ0v) is 12.5. The van der Waals surface area contributed by atoms with Crippen LogP contribution in [0.15, 0.2) is 4.42 Å². The van der Waals surface area contributed by atoms with E-state index in [2.05, 4.69) is 10.3 Å². The topological polar surface area (TPSA) is 72.2 Å². The fourth-order valence-corrected chi connectivity index (χ4v) is 2.35.